The lowest BCUT2D eigenvalue weighted by atomic mass is 10.3. The molecule has 1 rings (SSSR count). The SMILES string of the molecule is C=CC(=O)O.C=CC(=O)Oc1ccc(Br)c(Br)c1Br. The fourth-order valence-electron chi connectivity index (χ4n) is 0.737. The quantitative estimate of drug-likeness (QED) is 0.318. The molecule has 0 unspecified atom stereocenters. The molecule has 4 nitrogen and oxygen atoms in total. The Morgan fingerprint density at radius 3 is 2.05 bits per heavy atom. The van der Waals surface area contributed by atoms with Crippen LogP contribution in [0.5, 0.6) is 5.75 Å². The van der Waals surface area contributed by atoms with Gasteiger partial charge in [-0.25, -0.2) is 9.59 Å². The van der Waals surface area contributed by atoms with Crippen LogP contribution in [0.25, 0.3) is 0 Å². The summed E-state index contributed by atoms with van der Waals surface area (Å²) < 4.78 is 7.33. The van der Waals surface area contributed by atoms with E-state index < -0.39 is 11.9 Å². The first kappa shape index (κ1) is 18.1. The number of aliphatic carboxylic acids is 1. The van der Waals surface area contributed by atoms with Crippen LogP contribution in [0.15, 0.2) is 50.9 Å². The molecule has 0 aliphatic rings. The molecule has 0 atom stereocenters. The van der Waals surface area contributed by atoms with Crippen LogP contribution >= 0.6 is 47.8 Å². The van der Waals surface area contributed by atoms with Crippen LogP contribution in [0.1, 0.15) is 0 Å². The summed E-state index contributed by atoms with van der Waals surface area (Å²) in [5.74, 6) is -1.02. The van der Waals surface area contributed by atoms with Gasteiger partial charge < -0.3 is 9.84 Å². The molecule has 102 valence electrons. The standard InChI is InChI=1S/C9H5Br3O2.C3H4O2/c1-2-7(13)14-6-4-3-5(10)8(11)9(6)12;1-2-3(4)5/h2-4H,1H2;2H,1H2,(H,4,5). The molecule has 19 heavy (non-hydrogen) atoms. The third-order valence-electron chi connectivity index (χ3n) is 1.55. The van der Waals surface area contributed by atoms with Gasteiger partial charge in [-0.15, -0.1) is 0 Å². The molecule has 1 aromatic carbocycles. The molecular weight excluding hydrogens is 448 g/mol. The molecule has 0 radical (unpaired) electrons. The number of benzene rings is 1. The van der Waals surface area contributed by atoms with Crippen molar-refractivity contribution in [2.24, 2.45) is 0 Å². The van der Waals surface area contributed by atoms with E-state index in [1.807, 2.05) is 0 Å². The van der Waals surface area contributed by atoms with Crippen LogP contribution in [0.2, 0.25) is 0 Å². The van der Waals surface area contributed by atoms with Gasteiger partial charge in [0.2, 0.25) is 0 Å². The van der Waals surface area contributed by atoms with Crippen molar-refractivity contribution in [1.29, 1.82) is 0 Å². The molecule has 0 saturated heterocycles. The Bertz CT molecular complexity index is 512. The first-order valence-electron chi connectivity index (χ1n) is 4.66. The largest absolute Gasteiger partial charge is 0.478 e. The third kappa shape index (κ3) is 6.70. The molecule has 0 aliphatic carbocycles. The van der Waals surface area contributed by atoms with E-state index in [2.05, 4.69) is 60.9 Å². The van der Waals surface area contributed by atoms with Crippen LogP contribution in [0, 0.1) is 0 Å². The zero-order valence-corrected chi connectivity index (χ0v) is 14.3. The summed E-state index contributed by atoms with van der Waals surface area (Å²) in [5, 5.41) is 7.60. The molecule has 0 heterocycles. The Morgan fingerprint density at radius 1 is 1.11 bits per heavy atom. The van der Waals surface area contributed by atoms with E-state index in [-0.39, 0.29) is 0 Å². The number of carboxylic acids is 1. The number of ether oxygens (including phenoxy) is 1. The van der Waals surface area contributed by atoms with Crippen molar-refractivity contribution in [2.75, 3.05) is 0 Å². The number of halogens is 3. The van der Waals surface area contributed by atoms with Crippen LogP contribution < -0.4 is 4.74 Å². The fraction of sp³-hybridized carbons (Fsp3) is 0. The van der Waals surface area contributed by atoms with Gasteiger partial charge >= 0.3 is 11.9 Å². The highest BCUT2D eigenvalue weighted by Gasteiger charge is 2.10. The molecular formula is C12H9Br3O4. The zero-order valence-electron chi connectivity index (χ0n) is 9.53. The zero-order chi connectivity index (χ0) is 15.0. The lowest BCUT2D eigenvalue weighted by Crippen LogP contribution is -2.03. The average Bonchev–Trinajstić information content (AvgIpc) is 2.39. The van der Waals surface area contributed by atoms with Crippen LogP contribution in [-0.2, 0) is 9.59 Å². The first-order valence-corrected chi connectivity index (χ1v) is 7.04. The molecule has 0 spiro atoms. The van der Waals surface area contributed by atoms with Gasteiger partial charge in [0.25, 0.3) is 0 Å². The second-order valence-corrected chi connectivity index (χ2v) is 5.28. The monoisotopic (exact) mass is 454 g/mol. The highest BCUT2D eigenvalue weighted by atomic mass is 79.9. The number of hydrogen-bond acceptors (Lipinski definition) is 3. The predicted octanol–water partition coefficient (Wildman–Crippen LogP) is 4.32. The van der Waals surface area contributed by atoms with E-state index in [1.165, 1.54) is 0 Å². The Kier molecular flexibility index (Phi) is 8.62. The van der Waals surface area contributed by atoms with Gasteiger partial charge in [0.05, 0.1) is 4.47 Å². The lowest BCUT2D eigenvalue weighted by Gasteiger charge is -2.06. The summed E-state index contributed by atoms with van der Waals surface area (Å²) in [4.78, 5) is 20.2. The van der Waals surface area contributed by atoms with Gasteiger partial charge in [-0.2, -0.15) is 0 Å². The highest BCUT2D eigenvalue weighted by molar-refractivity contribution is 9.14. The summed E-state index contributed by atoms with van der Waals surface area (Å²) in [6.45, 7) is 6.28. The second kappa shape index (κ2) is 9.06. The molecule has 0 amide bonds. The molecule has 1 aromatic rings. The normalized spacial score (nSPS) is 8.79. The highest BCUT2D eigenvalue weighted by Crippen LogP contribution is 2.37. The van der Waals surface area contributed by atoms with E-state index in [4.69, 9.17) is 9.84 Å². The third-order valence-corrected chi connectivity index (χ3v) is 4.89. The number of carbonyl (C=O) groups is 2. The Hall–Kier alpha value is -0.920. The summed E-state index contributed by atoms with van der Waals surface area (Å²) in [7, 11) is 0. The van der Waals surface area contributed by atoms with Crippen molar-refractivity contribution >= 4 is 59.7 Å². The molecule has 0 saturated carbocycles. The number of carbonyl (C=O) groups excluding carboxylic acids is 1. The van der Waals surface area contributed by atoms with Gasteiger partial charge in [-0.05, 0) is 59.9 Å². The summed E-state index contributed by atoms with van der Waals surface area (Å²) in [5.41, 5.74) is 0. The molecule has 0 aliphatic heterocycles. The van der Waals surface area contributed by atoms with Gasteiger partial charge in [-0.3, -0.25) is 0 Å². The topological polar surface area (TPSA) is 63.6 Å². The number of carboxylic acid groups (broad SMARTS) is 1. The van der Waals surface area contributed by atoms with Crippen molar-refractivity contribution in [3.8, 4) is 5.75 Å². The summed E-state index contributed by atoms with van der Waals surface area (Å²) in [6.07, 6.45) is 1.95. The maximum atomic E-state index is 10.9. The van der Waals surface area contributed by atoms with Crippen molar-refractivity contribution in [3.05, 3.63) is 50.9 Å². The van der Waals surface area contributed by atoms with Crippen LogP contribution in [-0.4, -0.2) is 17.0 Å². The summed E-state index contributed by atoms with van der Waals surface area (Å²) >= 11 is 9.96. The Balaban J connectivity index is 0.000000555. The minimum Gasteiger partial charge on any atom is -0.478 e. The van der Waals surface area contributed by atoms with Crippen LogP contribution in [0.4, 0.5) is 0 Å². The van der Waals surface area contributed by atoms with Gasteiger partial charge in [-0.1, -0.05) is 13.2 Å². The van der Waals surface area contributed by atoms with E-state index in [1.54, 1.807) is 12.1 Å². The fourth-order valence-corrected chi connectivity index (χ4v) is 2.09. The first-order chi connectivity index (χ1) is 8.83. The average molecular weight is 457 g/mol. The number of rotatable bonds is 3. The minimum atomic E-state index is -0.981. The Morgan fingerprint density at radius 2 is 1.63 bits per heavy atom. The van der Waals surface area contributed by atoms with Gasteiger partial charge in [0, 0.05) is 21.1 Å². The molecule has 0 aromatic heterocycles. The molecule has 7 heteroatoms. The molecule has 0 bridgehead atoms. The number of esters is 1. The van der Waals surface area contributed by atoms with E-state index in [0.717, 1.165) is 21.1 Å². The van der Waals surface area contributed by atoms with Crippen molar-refractivity contribution < 1.29 is 19.4 Å². The van der Waals surface area contributed by atoms with E-state index >= 15 is 0 Å². The summed E-state index contributed by atoms with van der Waals surface area (Å²) in [6, 6.07) is 3.46. The van der Waals surface area contributed by atoms with Crippen molar-refractivity contribution in [3.63, 3.8) is 0 Å². The number of hydrogen-bond donors (Lipinski definition) is 1. The van der Waals surface area contributed by atoms with Gasteiger partial charge in [0.1, 0.15) is 5.75 Å². The van der Waals surface area contributed by atoms with E-state index in [0.29, 0.717) is 10.2 Å². The van der Waals surface area contributed by atoms with Gasteiger partial charge in [0.15, 0.2) is 0 Å². The van der Waals surface area contributed by atoms with Crippen molar-refractivity contribution in [2.45, 2.75) is 0 Å². The second-order valence-electron chi connectivity index (χ2n) is 2.84. The maximum Gasteiger partial charge on any atom is 0.335 e. The maximum absolute atomic E-state index is 10.9. The lowest BCUT2D eigenvalue weighted by molar-refractivity contribution is -0.131. The van der Waals surface area contributed by atoms with Crippen molar-refractivity contribution in [1.82, 2.24) is 0 Å². The predicted molar refractivity (Wildman–Crippen MR) is 83.2 cm³/mol. The minimum absolute atomic E-state index is 0.449. The van der Waals surface area contributed by atoms with E-state index in [9.17, 15) is 9.59 Å². The Labute approximate surface area is 135 Å². The molecule has 1 N–H and O–H groups in total. The molecule has 0 fully saturated rings. The smallest absolute Gasteiger partial charge is 0.335 e. The van der Waals surface area contributed by atoms with Crippen LogP contribution in [0.3, 0.4) is 0 Å².